The summed E-state index contributed by atoms with van der Waals surface area (Å²) >= 11 is 7.43. The summed E-state index contributed by atoms with van der Waals surface area (Å²) in [4.78, 5) is 22.8. The van der Waals surface area contributed by atoms with Crippen LogP contribution in [0.4, 0.5) is 14.3 Å². The molecule has 0 fully saturated rings. The van der Waals surface area contributed by atoms with Crippen LogP contribution in [0.1, 0.15) is 19.5 Å². The van der Waals surface area contributed by atoms with Gasteiger partial charge in [0, 0.05) is 19.3 Å². The van der Waals surface area contributed by atoms with Gasteiger partial charge in [0.15, 0.2) is 5.13 Å². The Balaban J connectivity index is 0.00000210. The second kappa shape index (κ2) is 8.02. The number of amides is 2. The predicted molar refractivity (Wildman–Crippen MR) is 109 cm³/mol. The minimum absolute atomic E-state index is 0. The van der Waals surface area contributed by atoms with Crippen molar-refractivity contribution in [2.45, 2.75) is 13.8 Å². The number of anilines is 1. The Morgan fingerprint density at radius 2 is 2.19 bits per heavy atom. The minimum Gasteiger partial charge on any atom is -0.320 e. The summed E-state index contributed by atoms with van der Waals surface area (Å²) in [5, 5.41) is 3.85. The molecule has 0 atom stereocenters. The highest BCUT2D eigenvalue weighted by Gasteiger charge is 2.20. The number of aromatic nitrogens is 2. The first-order valence-corrected chi connectivity index (χ1v) is 9.21. The highest BCUT2D eigenvalue weighted by atomic mass is 35.5. The zero-order valence-electron chi connectivity index (χ0n) is 13.6. The van der Waals surface area contributed by atoms with E-state index in [4.69, 9.17) is 11.6 Å². The third-order valence-corrected chi connectivity index (χ3v) is 5.36. The minimum atomic E-state index is -0.319. The van der Waals surface area contributed by atoms with Gasteiger partial charge >= 0.3 is 6.03 Å². The van der Waals surface area contributed by atoms with Gasteiger partial charge in [0.2, 0.25) is 0 Å². The lowest BCUT2D eigenvalue weighted by molar-refractivity contribution is 0.217. The molecule has 0 saturated carbocycles. The Kier molecular flexibility index (Phi) is 5.72. The quantitative estimate of drug-likeness (QED) is 0.618. The molecule has 2 aromatic heterocycles. The first kappa shape index (κ1) is 19.3. The highest BCUT2D eigenvalue weighted by molar-refractivity contribution is 7.22. The maximum absolute atomic E-state index is 13.3. The first-order chi connectivity index (χ1) is 12.6. The zero-order chi connectivity index (χ0) is 18.1. The molecule has 5 nitrogen and oxygen atoms in total. The molecule has 3 aromatic rings. The highest BCUT2D eigenvalue weighted by Crippen LogP contribution is 2.28. The monoisotopic (exact) mass is 404 g/mol. The molecule has 1 N–H and O–H groups in total. The van der Waals surface area contributed by atoms with Crippen molar-refractivity contribution in [3.63, 3.8) is 0 Å². The standard InChI is InChI=1S/C18H14ClFN4OS.CH4/c19-13-2-1-7-21-16(13)11-5-8-24(9-6-11)18(25)23-17-22-14-4-3-12(20)10-15(14)26-17;/h1-5,7,10H,6,8-9H2,(H,22,23,25);1H4. The van der Waals surface area contributed by atoms with Crippen LogP contribution >= 0.6 is 22.9 Å². The van der Waals surface area contributed by atoms with Gasteiger partial charge in [-0.05, 0) is 42.3 Å². The topological polar surface area (TPSA) is 58.1 Å². The number of fused-ring (bicyclic) bond motifs is 1. The Morgan fingerprint density at radius 3 is 2.93 bits per heavy atom. The fraction of sp³-hybridized carbons (Fsp3) is 0.211. The molecule has 8 heteroatoms. The van der Waals surface area contributed by atoms with Crippen LogP contribution in [-0.4, -0.2) is 34.0 Å². The maximum Gasteiger partial charge on any atom is 0.323 e. The van der Waals surface area contributed by atoms with E-state index in [0.29, 0.717) is 39.9 Å². The molecule has 140 valence electrons. The van der Waals surface area contributed by atoms with Gasteiger partial charge in [-0.2, -0.15) is 0 Å². The number of carbonyl (C=O) groups is 1. The van der Waals surface area contributed by atoms with Crippen LogP contribution in [-0.2, 0) is 0 Å². The van der Waals surface area contributed by atoms with E-state index in [-0.39, 0.29) is 19.3 Å². The van der Waals surface area contributed by atoms with Gasteiger partial charge in [-0.25, -0.2) is 14.2 Å². The summed E-state index contributed by atoms with van der Waals surface area (Å²) in [5.74, 6) is -0.319. The molecule has 0 aliphatic carbocycles. The average Bonchev–Trinajstić information content (AvgIpc) is 3.03. The van der Waals surface area contributed by atoms with E-state index in [1.165, 1.54) is 23.5 Å². The Labute approximate surface area is 165 Å². The lowest BCUT2D eigenvalue weighted by Crippen LogP contribution is -2.37. The van der Waals surface area contributed by atoms with Crippen molar-refractivity contribution in [1.29, 1.82) is 0 Å². The van der Waals surface area contributed by atoms with E-state index >= 15 is 0 Å². The van der Waals surface area contributed by atoms with Crippen molar-refractivity contribution in [2.24, 2.45) is 0 Å². The van der Waals surface area contributed by atoms with Gasteiger partial charge in [0.05, 0.1) is 20.9 Å². The number of carbonyl (C=O) groups excluding carboxylic acids is 1. The molecule has 0 spiro atoms. The normalized spacial score (nSPS) is 13.9. The van der Waals surface area contributed by atoms with Crippen molar-refractivity contribution in [2.75, 3.05) is 18.4 Å². The predicted octanol–water partition coefficient (Wildman–Crippen LogP) is 5.44. The lowest BCUT2D eigenvalue weighted by atomic mass is 10.0. The second-order valence-electron chi connectivity index (χ2n) is 5.82. The number of rotatable bonds is 2. The maximum atomic E-state index is 13.3. The molecule has 1 aliphatic rings. The summed E-state index contributed by atoms with van der Waals surface area (Å²) < 4.78 is 14.0. The summed E-state index contributed by atoms with van der Waals surface area (Å²) in [7, 11) is 0. The van der Waals surface area contributed by atoms with Crippen LogP contribution in [0.15, 0.2) is 42.6 Å². The number of pyridine rings is 1. The fourth-order valence-corrected chi connectivity index (χ4v) is 3.94. The third kappa shape index (κ3) is 4.09. The van der Waals surface area contributed by atoms with Gasteiger partial charge in [0.25, 0.3) is 0 Å². The molecule has 0 saturated heterocycles. The molecule has 1 aliphatic heterocycles. The number of urea groups is 1. The van der Waals surface area contributed by atoms with Crippen LogP contribution in [0.3, 0.4) is 0 Å². The van der Waals surface area contributed by atoms with Gasteiger partial charge in [0.1, 0.15) is 5.82 Å². The van der Waals surface area contributed by atoms with Gasteiger partial charge in [-0.3, -0.25) is 10.3 Å². The van der Waals surface area contributed by atoms with Crippen LogP contribution in [0, 0.1) is 5.82 Å². The summed E-state index contributed by atoms with van der Waals surface area (Å²) in [5.41, 5.74) is 2.47. The van der Waals surface area contributed by atoms with Crippen molar-refractivity contribution in [1.82, 2.24) is 14.9 Å². The zero-order valence-corrected chi connectivity index (χ0v) is 15.1. The third-order valence-electron chi connectivity index (χ3n) is 4.12. The Bertz CT molecular complexity index is 1020. The van der Waals surface area contributed by atoms with Gasteiger partial charge in [-0.1, -0.05) is 36.4 Å². The van der Waals surface area contributed by atoms with Crippen LogP contribution < -0.4 is 5.32 Å². The van der Waals surface area contributed by atoms with Gasteiger partial charge < -0.3 is 4.90 Å². The number of halogens is 2. The van der Waals surface area contributed by atoms with E-state index < -0.39 is 0 Å². The SMILES string of the molecule is C.O=C(Nc1nc2ccc(F)cc2s1)N1CC=C(c2ncccc2Cl)CC1. The average molecular weight is 405 g/mol. The van der Waals surface area contributed by atoms with Crippen molar-refractivity contribution >= 4 is 49.9 Å². The van der Waals surface area contributed by atoms with E-state index in [1.807, 2.05) is 6.08 Å². The molecule has 2 amide bonds. The van der Waals surface area contributed by atoms with Crippen molar-refractivity contribution < 1.29 is 9.18 Å². The second-order valence-corrected chi connectivity index (χ2v) is 7.26. The van der Waals surface area contributed by atoms with Gasteiger partial charge in [-0.15, -0.1) is 0 Å². The number of hydrogen-bond donors (Lipinski definition) is 1. The van der Waals surface area contributed by atoms with E-state index in [9.17, 15) is 9.18 Å². The molecular formula is C19H18ClFN4OS. The Hall–Kier alpha value is -2.51. The molecular weight excluding hydrogens is 387 g/mol. The van der Waals surface area contributed by atoms with Crippen LogP contribution in [0.2, 0.25) is 5.02 Å². The largest absolute Gasteiger partial charge is 0.323 e. The smallest absolute Gasteiger partial charge is 0.320 e. The van der Waals surface area contributed by atoms with E-state index in [2.05, 4.69) is 15.3 Å². The van der Waals surface area contributed by atoms with Crippen molar-refractivity contribution in [3.05, 3.63) is 59.1 Å². The first-order valence-electron chi connectivity index (χ1n) is 8.02. The number of nitrogens with zero attached hydrogens (tertiary/aromatic N) is 3. The Morgan fingerprint density at radius 1 is 1.33 bits per heavy atom. The fourth-order valence-electron chi connectivity index (χ4n) is 2.81. The van der Waals surface area contributed by atoms with E-state index in [1.54, 1.807) is 29.3 Å². The molecule has 0 radical (unpaired) electrons. The lowest BCUT2D eigenvalue weighted by Gasteiger charge is -2.26. The number of hydrogen-bond acceptors (Lipinski definition) is 4. The molecule has 0 unspecified atom stereocenters. The number of nitrogens with one attached hydrogen (secondary N) is 1. The summed E-state index contributed by atoms with van der Waals surface area (Å²) in [6.45, 7) is 1.03. The molecule has 0 bridgehead atoms. The van der Waals surface area contributed by atoms with Crippen LogP contribution in [0.25, 0.3) is 15.8 Å². The molecule has 3 heterocycles. The molecule has 4 rings (SSSR count). The van der Waals surface area contributed by atoms with Crippen LogP contribution in [0.5, 0.6) is 0 Å². The molecule has 1 aromatic carbocycles. The van der Waals surface area contributed by atoms with E-state index in [0.717, 1.165) is 11.3 Å². The summed E-state index contributed by atoms with van der Waals surface area (Å²) in [6.07, 6.45) is 4.34. The van der Waals surface area contributed by atoms with Crippen molar-refractivity contribution in [3.8, 4) is 0 Å². The molecule has 27 heavy (non-hydrogen) atoms. The summed E-state index contributed by atoms with van der Waals surface area (Å²) in [6, 6.07) is 7.73. The number of thiazole rings is 1. The number of benzene rings is 1.